The van der Waals surface area contributed by atoms with Crippen molar-refractivity contribution in [2.24, 2.45) is 5.92 Å². The Labute approximate surface area is 217 Å². The third kappa shape index (κ3) is 31.6. The Hall–Kier alpha value is -0.440. The van der Waals surface area contributed by atoms with Crippen molar-refractivity contribution < 1.29 is 52.5 Å². The van der Waals surface area contributed by atoms with Crippen LogP contribution < -0.4 is 0 Å². The van der Waals surface area contributed by atoms with Crippen LogP contribution in [0.25, 0.3) is 0 Å². The van der Waals surface area contributed by atoms with Crippen molar-refractivity contribution in [1.82, 2.24) is 0 Å². The fourth-order valence-electron chi connectivity index (χ4n) is 2.45. The predicted octanol–water partition coefficient (Wildman–Crippen LogP) is 1.19. The van der Waals surface area contributed by atoms with Gasteiger partial charge in [-0.3, -0.25) is 0 Å². The van der Waals surface area contributed by atoms with Crippen LogP contribution in [-0.4, -0.2) is 144 Å². The molecule has 0 aliphatic carbocycles. The van der Waals surface area contributed by atoms with Crippen molar-refractivity contribution in [3.05, 3.63) is 0 Å². The zero-order chi connectivity index (χ0) is 26.2. The van der Waals surface area contributed by atoms with E-state index in [2.05, 4.69) is 13.8 Å². The van der Waals surface area contributed by atoms with Gasteiger partial charge >= 0.3 is 0 Å². The Morgan fingerprint density at radius 2 is 0.611 bits per heavy atom. The van der Waals surface area contributed by atoms with Crippen molar-refractivity contribution in [2.75, 3.05) is 139 Å². The average Bonchev–Trinajstić information content (AvgIpc) is 2.89. The van der Waals surface area contributed by atoms with Gasteiger partial charge in [0.05, 0.1) is 132 Å². The molecule has 0 radical (unpaired) electrons. The zero-order valence-corrected chi connectivity index (χ0v) is 22.7. The lowest BCUT2D eigenvalue weighted by Crippen LogP contribution is -2.15. The highest BCUT2D eigenvalue weighted by Crippen LogP contribution is 1.99. The second-order valence-corrected chi connectivity index (χ2v) is 7.82. The minimum atomic E-state index is 0.0299. The normalized spacial score (nSPS) is 12.4. The SMILES string of the molecule is CCC(C)COCCOCCOCCOCCOCCOCCOCCOCCOCCOCCO. The maximum Gasteiger partial charge on any atom is 0.0701 e. The lowest BCUT2D eigenvalue weighted by Gasteiger charge is -2.10. The van der Waals surface area contributed by atoms with E-state index < -0.39 is 0 Å². The van der Waals surface area contributed by atoms with Crippen molar-refractivity contribution in [2.45, 2.75) is 20.3 Å². The molecule has 0 aromatic rings. The third-order valence-electron chi connectivity index (χ3n) is 4.68. The first kappa shape index (κ1) is 35.6. The smallest absolute Gasteiger partial charge is 0.0701 e. The highest BCUT2D eigenvalue weighted by Gasteiger charge is 1.98. The molecule has 0 aromatic heterocycles. The lowest BCUT2D eigenvalue weighted by molar-refractivity contribution is -0.0272. The fraction of sp³-hybridized carbons (Fsp3) is 1.00. The summed E-state index contributed by atoms with van der Waals surface area (Å²) < 4.78 is 54.0. The van der Waals surface area contributed by atoms with Gasteiger partial charge in [0, 0.05) is 6.61 Å². The summed E-state index contributed by atoms with van der Waals surface area (Å²) >= 11 is 0. The standard InChI is InChI=1S/C25H52O11/c1-3-25(2)24-36-23-22-35-21-20-34-19-18-33-17-16-32-15-14-31-13-12-30-11-10-29-9-8-28-7-6-27-5-4-26/h25-26H,3-24H2,1-2H3. The summed E-state index contributed by atoms with van der Waals surface area (Å²) in [4.78, 5) is 0. The van der Waals surface area contributed by atoms with E-state index in [1.54, 1.807) is 0 Å². The van der Waals surface area contributed by atoms with Crippen LogP contribution in [0.15, 0.2) is 0 Å². The van der Waals surface area contributed by atoms with Crippen LogP contribution in [0.2, 0.25) is 0 Å². The number of rotatable bonds is 32. The molecule has 0 saturated carbocycles. The molecule has 1 atom stereocenters. The number of aliphatic hydroxyl groups excluding tert-OH is 1. The first-order valence-corrected chi connectivity index (χ1v) is 13.2. The molecular weight excluding hydrogens is 476 g/mol. The van der Waals surface area contributed by atoms with Crippen LogP contribution in [0.3, 0.4) is 0 Å². The van der Waals surface area contributed by atoms with Gasteiger partial charge in [0.2, 0.25) is 0 Å². The first-order valence-electron chi connectivity index (χ1n) is 13.2. The Morgan fingerprint density at radius 1 is 0.389 bits per heavy atom. The quantitative estimate of drug-likeness (QED) is 0.127. The van der Waals surface area contributed by atoms with Crippen LogP contribution in [0, 0.1) is 5.92 Å². The summed E-state index contributed by atoms with van der Waals surface area (Å²) in [5, 5.41) is 8.56. The summed E-state index contributed by atoms with van der Waals surface area (Å²) in [7, 11) is 0. The molecule has 0 spiro atoms. The van der Waals surface area contributed by atoms with Crippen molar-refractivity contribution in [3.8, 4) is 0 Å². The average molecular weight is 529 g/mol. The van der Waals surface area contributed by atoms with Gasteiger partial charge in [-0.25, -0.2) is 0 Å². The molecule has 218 valence electrons. The van der Waals surface area contributed by atoms with Crippen LogP contribution in [0.1, 0.15) is 20.3 Å². The minimum Gasteiger partial charge on any atom is -0.394 e. The fourth-order valence-corrected chi connectivity index (χ4v) is 2.45. The molecule has 0 aliphatic heterocycles. The van der Waals surface area contributed by atoms with E-state index in [-0.39, 0.29) is 6.61 Å². The van der Waals surface area contributed by atoms with E-state index in [9.17, 15) is 0 Å². The summed E-state index contributed by atoms with van der Waals surface area (Å²) in [6.45, 7) is 15.1. The highest BCUT2D eigenvalue weighted by atomic mass is 16.6. The monoisotopic (exact) mass is 528 g/mol. The summed E-state index contributed by atoms with van der Waals surface area (Å²) in [6, 6.07) is 0. The molecule has 1 unspecified atom stereocenters. The Kier molecular flexibility index (Phi) is 32.2. The van der Waals surface area contributed by atoms with E-state index >= 15 is 0 Å². The topological polar surface area (TPSA) is 113 Å². The Balaban J connectivity index is 3.02. The predicted molar refractivity (Wildman–Crippen MR) is 135 cm³/mol. The Morgan fingerprint density at radius 3 is 0.833 bits per heavy atom. The summed E-state index contributed by atoms with van der Waals surface area (Å²) in [5.74, 6) is 0.600. The molecule has 0 aromatic carbocycles. The van der Waals surface area contributed by atoms with Crippen molar-refractivity contribution in [1.29, 1.82) is 0 Å². The molecular formula is C25H52O11. The second-order valence-electron chi connectivity index (χ2n) is 7.82. The van der Waals surface area contributed by atoms with Gasteiger partial charge in [-0.05, 0) is 5.92 Å². The zero-order valence-electron chi connectivity index (χ0n) is 22.7. The molecule has 36 heavy (non-hydrogen) atoms. The van der Waals surface area contributed by atoms with Gasteiger partial charge in [-0.1, -0.05) is 20.3 Å². The Bertz CT molecular complexity index is 391. The van der Waals surface area contributed by atoms with E-state index in [0.717, 1.165) is 13.0 Å². The van der Waals surface area contributed by atoms with Crippen LogP contribution >= 0.6 is 0 Å². The lowest BCUT2D eigenvalue weighted by atomic mass is 10.1. The molecule has 0 bridgehead atoms. The molecule has 0 saturated heterocycles. The molecule has 0 aliphatic rings. The minimum absolute atomic E-state index is 0.0299. The highest BCUT2D eigenvalue weighted by molar-refractivity contribution is 4.46. The summed E-state index contributed by atoms with van der Waals surface area (Å²) in [5.41, 5.74) is 0. The van der Waals surface area contributed by atoms with Crippen LogP contribution in [0.4, 0.5) is 0 Å². The molecule has 0 rings (SSSR count). The molecule has 11 nitrogen and oxygen atoms in total. The maximum absolute atomic E-state index is 8.56. The number of hydrogen-bond acceptors (Lipinski definition) is 11. The number of hydrogen-bond donors (Lipinski definition) is 1. The first-order chi connectivity index (χ1) is 17.8. The molecule has 0 heterocycles. The second kappa shape index (κ2) is 32.6. The van der Waals surface area contributed by atoms with Gasteiger partial charge in [0.25, 0.3) is 0 Å². The van der Waals surface area contributed by atoms with Gasteiger partial charge in [0.1, 0.15) is 0 Å². The van der Waals surface area contributed by atoms with Gasteiger partial charge in [0.15, 0.2) is 0 Å². The van der Waals surface area contributed by atoms with Crippen LogP contribution in [0.5, 0.6) is 0 Å². The van der Waals surface area contributed by atoms with Gasteiger partial charge in [-0.2, -0.15) is 0 Å². The summed E-state index contributed by atoms with van der Waals surface area (Å²) in [6.07, 6.45) is 1.13. The van der Waals surface area contributed by atoms with E-state index in [0.29, 0.717) is 131 Å². The molecule has 0 fully saturated rings. The number of aliphatic hydroxyl groups is 1. The van der Waals surface area contributed by atoms with E-state index in [1.165, 1.54) is 0 Å². The maximum atomic E-state index is 8.56. The largest absolute Gasteiger partial charge is 0.394 e. The molecule has 0 amide bonds. The van der Waals surface area contributed by atoms with E-state index in [1.807, 2.05) is 0 Å². The molecule has 11 heteroatoms. The van der Waals surface area contributed by atoms with Crippen molar-refractivity contribution in [3.63, 3.8) is 0 Å². The van der Waals surface area contributed by atoms with Gasteiger partial charge < -0.3 is 52.5 Å². The van der Waals surface area contributed by atoms with Crippen LogP contribution in [-0.2, 0) is 47.4 Å². The van der Waals surface area contributed by atoms with E-state index in [4.69, 9.17) is 52.5 Å². The molecule has 1 N–H and O–H groups in total. The van der Waals surface area contributed by atoms with Gasteiger partial charge in [-0.15, -0.1) is 0 Å². The third-order valence-corrected chi connectivity index (χ3v) is 4.68. The van der Waals surface area contributed by atoms with Crippen molar-refractivity contribution >= 4 is 0 Å². The number of ether oxygens (including phenoxy) is 10.